The lowest BCUT2D eigenvalue weighted by atomic mass is 10.2. The van der Waals surface area contributed by atoms with Crippen molar-refractivity contribution in [3.63, 3.8) is 0 Å². The molecular formula is C17H19FN2O2. The average molecular weight is 302 g/mol. The number of ether oxygens (including phenoxy) is 1. The smallest absolute Gasteiger partial charge is 0.226 e. The van der Waals surface area contributed by atoms with Gasteiger partial charge in [0.15, 0.2) is 0 Å². The van der Waals surface area contributed by atoms with E-state index in [0.717, 1.165) is 11.4 Å². The van der Waals surface area contributed by atoms with Crippen molar-refractivity contribution >= 4 is 17.3 Å². The molecule has 0 saturated carbocycles. The summed E-state index contributed by atoms with van der Waals surface area (Å²) < 4.78 is 18.1. The van der Waals surface area contributed by atoms with E-state index in [2.05, 4.69) is 10.6 Å². The van der Waals surface area contributed by atoms with Crippen LogP contribution in [0.5, 0.6) is 5.75 Å². The first kappa shape index (κ1) is 15.8. The summed E-state index contributed by atoms with van der Waals surface area (Å²) in [6, 6.07) is 13.3. The van der Waals surface area contributed by atoms with Crippen LogP contribution in [-0.2, 0) is 4.79 Å². The molecule has 0 aromatic heterocycles. The molecule has 0 saturated heterocycles. The van der Waals surface area contributed by atoms with Gasteiger partial charge in [-0.2, -0.15) is 0 Å². The normalized spacial score (nSPS) is 10.1. The Bertz CT molecular complexity index is 597. The molecule has 0 fully saturated rings. The fourth-order valence-electron chi connectivity index (χ4n) is 1.91. The third kappa shape index (κ3) is 5.09. The average Bonchev–Trinajstić information content (AvgIpc) is 2.52. The second-order valence-electron chi connectivity index (χ2n) is 4.69. The predicted octanol–water partition coefficient (Wildman–Crippen LogP) is 3.67. The number of benzene rings is 2. The molecule has 2 N–H and O–H groups in total. The maximum absolute atomic E-state index is 12.8. The summed E-state index contributed by atoms with van der Waals surface area (Å²) >= 11 is 0. The fraction of sp³-hybridized carbons (Fsp3) is 0.235. The van der Waals surface area contributed by atoms with Crippen molar-refractivity contribution < 1.29 is 13.9 Å². The van der Waals surface area contributed by atoms with E-state index in [4.69, 9.17) is 4.74 Å². The van der Waals surface area contributed by atoms with Crippen molar-refractivity contribution in [1.29, 1.82) is 0 Å². The molecule has 2 aromatic carbocycles. The van der Waals surface area contributed by atoms with E-state index >= 15 is 0 Å². The van der Waals surface area contributed by atoms with Crippen LogP contribution in [0.4, 0.5) is 15.8 Å². The van der Waals surface area contributed by atoms with Crippen LogP contribution >= 0.6 is 0 Å². The van der Waals surface area contributed by atoms with Gasteiger partial charge >= 0.3 is 0 Å². The van der Waals surface area contributed by atoms with Crippen molar-refractivity contribution in [2.75, 3.05) is 23.8 Å². The Balaban J connectivity index is 1.73. The van der Waals surface area contributed by atoms with Gasteiger partial charge in [0.25, 0.3) is 0 Å². The van der Waals surface area contributed by atoms with E-state index in [1.807, 2.05) is 31.2 Å². The van der Waals surface area contributed by atoms with Gasteiger partial charge in [0.2, 0.25) is 5.91 Å². The van der Waals surface area contributed by atoms with Crippen LogP contribution in [0.25, 0.3) is 0 Å². The molecule has 0 atom stereocenters. The summed E-state index contributed by atoms with van der Waals surface area (Å²) in [6.45, 7) is 3.09. The van der Waals surface area contributed by atoms with Crippen molar-refractivity contribution in [1.82, 2.24) is 0 Å². The van der Waals surface area contributed by atoms with E-state index in [-0.39, 0.29) is 11.7 Å². The van der Waals surface area contributed by atoms with E-state index in [1.165, 1.54) is 24.3 Å². The molecular weight excluding hydrogens is 283 g/mol. The fourth-order valence-corrected chi connectivity index (χ4v) is 1.91. The number of carbonyl (C=O) groups excluding carboxylic acids is 1. The van der Waals surface area contributed by atoms with Crippen LogP contribution in [-0.4, -0.2) is 19.1 Å². The minimum absolute atomic E-state index is 0.120. The summed E-state index contributed by atoms with van der Waals surface area (Å²) in [4.78, 5) is 11.8. The molecule has 0 aliphatic heterocycles. The summed E-state index contributed by atoms with van der Waals surface area (Å²) in [5, 5.41) is 5.88. The minimum atomic E-state index is -0.324. The third-order valence-electron chi connectivity index (χ3n) is 2.97. The Labute approximate surface area is 129 Å². The molecule has 0 aliphatic carbocycles. The molecule has 0 bridgehead atoms. The molecule has 0 aliphatic rings. The standard InChI is InChI=1S/C17H19FN2O2/c1-2-22-16-9-7-14(8-10-16)19-12-11-17(21)20-15-5-3-13(18)4-6-15/h3-10,19H,2,11-12H2,1H3,(H,20,21). The third-order valence-corrected chi connectivity index (χ3v) is 2.97. The lowest BCUT2D eigenvalue weighted by Crippen LogP contribution is -2.16. The van der Waals surface area contributed by atoms with Crippen LogP contribution in [0.15, 0.2) is 48.5 Å². The van der Waals surface area contributed by atoms with Crippen LogP contribution in [0.3, 0.4) is 0 Å². The molecule has 116 valence electrons. The van der Waals surface area contributed by atoms with Gasteiger partial charge in [0, 0.05) is 24.3 Å². The summed E-state index contributed by atoms with van der Waals surface area (Å²) in [5.41, 5.74) is 1.52. The van der Waals surface area contributed by atoms with Crippen LogP contribution in [0.1, 0.15) is 13.3 Å². The van der Waals surface area contributed by atoms with Crippen molar-refractivity contribution in [3.8, 4) is 5.75 Å². The Kier molecular flexibility index (Phi) is 5.77. The largest absolute Gasteiger partial charge is 0.494 e. The Morgan fingerprint density at radius 2 is 1.68 bits per heavy atom. The SMILES string of the molecule is CCOc1ccc(NCCC(=O)Nc2ccc(F)cc2)cc1. The van der Waals surface area contributed by atoms with Gasteiger partial charge in [0.1, 0.15) is 11.6 Å². The lowest BCUT2D eigenvalue weighted by Gasteiger charge is -2.08. The van der Waals surface area contributed by atoms with Crippen molar-refractivity contribution in [2.24, 2.45) is 0 Å². The van der Waals surface area contributed by atoms with Gasteiger partial charge in [-0.15, -0.1) is 0 Å². The second kappa shape index (κ2) is 8.02. The predicted molar refractivity (Wildman–Crippen MR) is 85.7 cm³/mol. The highest BCUT2D eigenvalue weighted by molar-refractivity contribution is 5.90. The Hall–Kier alpha value is -2.56. The van der Waals surface area contributed by atoms with Crippen LogP contribution < -0.4 is 15.4 Å². The quantitative estimate of drug-likeness (QED) is 0.820. The molecule has 0 radical (unpaired) electrons. The van der Waals surface area contributed by atoms with Crippen LogP contribution in [0.2, 0.25) is 0 Å². The molecule has 2 aromatic rings. The highest BCUT2D eigenvalue weighted by Crippen LogP contribution is 2.15. The number of carbonyl (C=O) groups is 1. The van der Waals surface area contributed by atoms with Crippen LogP contribution in [0, 0.1) is 5.82 Å². The number of nitrogens with one attached hydrogen (secondary N) is 2. The molecule has 4 nitrogen and oxygen atoms in total. The Morgan fingerprint density at radius 1 is 1.05 bits per heavy atom. The first-order chi connectivity index (χ1) is 10.7. The topological polar surface area (TPSA) is 50.4 Å². The first-order valence-corrected chi connectivity index (χ1v) is 7.19. The zero-order valence-corrected chi connectivity index (χ0v) is 12.4. The van der Waals surface area contributed by atoms with Crippen molar-refractivity contribution in [2.45, 2.75) is 13.3 Å². The van der Waals surface area contributed by atoms with Gasteiger partial charge in [0.05, 0.1) is 6.61 Å². The van der Waals surface area contributed by atoms with Crippen molar-refractivity contribution in [3.05, 3.63) is 54.3 Å². The molecule has 2 rings (SSSR count). The molecule has 0 unspecified atom stereocenters. The zero-order chi connectivity index (χ0) is 15.8. The van der Waals surface area contributed by atoms with Gasteiger partial charge < -0.3 is 15.4 Å². The molecule has 22 heavy (non-hydrogen) atoms. The van der Waals surface area contributed by atoms with Gasteiger partial charge in [-0.3, -0.25) is 4.79 Å². The summed E-state index contributed by atoms with van der Waals surface area (Å²) in [7, 11) is 0. The summed E-state index contributed by atoms with van der Waals surface area (Å²) in [6.07, 6.45) is 0.324. The molecule has 1 amide bonds. The minimum Gasteiger partial charge on any atom is -0.494 e. The molecule has 5 heteroatoms. The highest BCUT2D eigenvalue weighted by atomic mass is 19.1. The van der Waals surface area contributed by atoms with E-state index in [1.54, 1.807) is 0 Å². The number of rotatable bonds is 7. The Morgan fingerprint density at radius 3 is 2.32 bits per heavy atom. The second-order valence-corrected chi connectivity index (χ2v) is 4.69. The lowest BCUT2D eigenvalue weighted by molar-refractivity contribution is -0.115. The monoisotopic (exact) mass is 302 g/mol. The molecule has 0 heterocycles. The highest BCUT2D eigenvalue weighted by Gasteiger charge is 2.02. The van der Waals surface area contributed by atoms with Gasteiger partial charge in [-0.05, 0) is 55.5 Å². The van der Waals surface area contributed by atoms with E-state index in [0.29, 0.717) is 25.3 Å². The number of halogens is 1. The maximum atomic E-state index is 12.8. The number of hydrogen-bond donors (Lipinski definition) is 2. The van der Waals surface area contributed by atoms with Gasteiger partial charge in [-0.25, -0.2) is 4.39 Å². The maximum Gasteiger partial charge on any atom is 0.226 e. The van der Waals surface area contributed by atoms with E-state index < -0.39 is 0 Å². The number of anilines is 2. The van der Waals surface area contributed by atoms with E-state index in [9.17, 15) is 9.18 Å². The number of amides is 1. The first-order valence-electron chi connectivity index (χ1n) is 7.19. The van der Waals surface area contributed by atoms with Gasteiger partial charge in [-0.1, -0.05) is 0 Å². The number of hydrogen-bond acceptors (Lipinski definition) is 3. The molecule has 0 spiro atoms. The zero-order valence-electron chi connectivity index (χ0n) is 12.4. The summed E-state index contributed by atoms with van der Waals surface area (Å²) in [5.74, 6) is 0.377.